The van der Waals surface area contributed by atoms with Gasteiger partial charge in [-0.1, -0.05) is 84.1 Å². The van der Waals surface area contributed by atoms with Gasteiger partial charge in [0.2, 0.25) is 5.91 Å². The van der Waals surface area contributed by atoms with E-state index in [1.54, 1.807) is 11.7 Å². The number of hydrogen-bond donors (Lipinski definition) is 2. The number of thioether (sulfide) groups is 1. The lowest BCUT2D eigenvalue weighted by molar-refractivity contribution is -0.118. The van der Waals surface area contributed by atoms with Crippen molar-refractivity contribution in [2.75, 3.05) is 12.9 Å². The van der Waals surface area contributed by atoms with Crippen molar-refractivity contribution in [1.29, 1.82) is 0 Å². The standard InChI is InChI=1S/C30H28N4O3S/c1-20-8-10-21(11-9-20)16-31-26(35)19-38-30-33-27-25(23-6-4-3-5-7-23)17-32-28(27)29(36)34(30)18-22-12-14-24(37-2)15-13-22/h3-15,17,32H,16,18-19H2,1-2H3,(H,31,35). The fourth-order valence-corrected chi connectivity index (χ4v) is 4.98. The predicted octanol–water partition coefficient (Wildman–Crippen LogP) is 5.17. The van der Waals surface area contributed by atoms with E-state index < -0.39 is 0 Å². The topological polar surface area (TPSA) is 89.0 Å². The van der Waals surface area contributed by atoms with Crippen LogP contribution in [0.4, 0.5) is 0 Å². The molecule has 0 fully saturated rings. The van der Waals surface area contributed by atoms with Gasteiger partial charge in [0.25, 0.3) is 5.56 Å². The summed E-state index contributed by atoms with van der Waals surface area (Å²) in [7, 11) is 1.62. The van der Waals surface area contributed by atoms with E-state index in [1.165, 1.54) is 17.3 Å². The molecular weight excluding hydrogens is 496 g/mol. The van der Waals surface area contributed by atoms with Crippen LogP contribution in [0.5, 0.6) is 5.75 Å². The minimum Gasteiger partial charge on any atom is -0.497 e. The van der Waals surface area contributed by atoms with E-state index in [0.717, 1.165) is 28.0 Å². The van der Waals surface area contributed by atoms with Crippen LogP contribution in [-0.4, -0.2) is 33.3 Å². The molecule has 2 N–H and O–H groups in total. The molecule has 0 unspecified atom stereocenters. The second-order valence-corrected chi connectivity index (χ2v) is 9.92. The minimum atomic E-state index is -0.185. The van der Waals surface area contributed by atoms with Crippen molar-refractivity contribution in [2.45, 2.75) is 25.2 Å². The Labute approximate surface area is 224 Å². The van der Waals surface area contributed by atoms with Gasteiger partial charge >= 0.3 is 0 Å². The normalized spacial score (nSPS) is 11.0. The molecule has 8 heteroatoms. The van der Waals surface area contributed by atoms with E-state index in [0.29, 0.717) is 29.3 Å². The molecule has 192 valence electrons. The SMILES string of the molecule is COc1ccc(Cn2c(SCC(=O)NCc3ccc(C)cc3)nc3c(-c4ccccc4)c[nH]c3c2=O)cc1. The lowest BCUT2D eigenvalue weighted by atomic mass is 10.1. The summed E-state index contributed by atoms with van der Waals surface area (Å²) in [4.78, 5) is 34.4. The molecule has 2 heterocycles. The lowest BCUT2D eigenvalue weighted by Crippen LogP contribution is -2.27. The number of carbonyl (C=O) groups excluding carboxylic acids is 1. The Morgan fingerprint density at radius 1 is 1.00 bits per heavy atom. The molecule has 3 aromatic carbocycles. The highest BCUT2D eigenvalue weighted by Crippen LogP contribution is 2.28. The lowest BCUT2D eigenvalue weighted by Gasteiger charge is -2.13. The Morgan fingerprint density at radius 3 is 2.42 bits per heavy atom. The first-order chi connectivity index (χ1) is 18.5. The first-order valence-electron chi connectivity index (χ1n) is 12.3. The fraction of sp³-hybridized carbons (Fsp3) is 0.167. The Morgan fingerprint density at radius 2 is 1.71 bits per heavy atom. The molecule has 7 nitrogen and oxygen atoms in total. The molecule has 0 radical (unpaired) electrons. The average Bonchev–Trinajstić information content (AvgIpc) is 3.38. The van der Waals surface area contributed by atoms with Crippen LogP contribution in [0.25, 0.3) is 22.2 Å². The van der Waals surface area contributed by atoms with E-state index >= 15 is 0 Å². The third-order valence-corrected chi connectivity index (χ3v) is 7.25. The summed E-state index contributed by atoms with van der Waals surface area (Å²) in [6.45, 7) is 2.79. The Bertz CT molecular complexity index is 1610. The maximum absolute atomic E-state index is 13.7. The molecule has 0 atom stereocenters. The number of aromatic amines is 1. The molecule has 0 bridgehead atoms. The van der Waals surface area contributed by atoms with Crippen molar-refractivity contribution in [3.63, 3.8) is 0 Å². The third kappa shape index (κ3) is 5.65. The summed E-state index contributed by atoms with van der Waals surface area (Å²) in [6.07, 6.45) is 1.81. The third-order valence-electron chi connectivity index (χ3n) is 6.28. The van der Waals surface area contributed by atoms with Crippen LogP contribution in [0, 0.1) is 6.92 Å². The number of aryl methyl sites for hydroxylation is 1. The molecule has 0 aliphatic rings. The van der Waals surface area contributed by atoms with Crippen LogP contribution >= 0.6 is 11.8 Å². The number of nitrogens with one attached hydrogen (secondary N) is 2. The first-order valence-corrected chi connectivity index (χ1v) is 13.3. The van der Waals surface area contributed by atoms with E-state index in [2.05, 4.69) is 10.3 Å². The van der Waals surface area contributed by atoms with Crippen molar-refractivity contribution in [2.24, 2.45) is 0 Å². The van der Waals surface area contributed by atoms with Crippen LogP contribution in [0.1, 0.15) is 16.7 Å². The molecule has 2 aromatic heterocycles. The summed E-state index contributed by atoms with van der Waals surface area (Å²) >= 11 is 1.26. The van der Waals surface area contributed by atoms with Crippen LogP contribution < -0.4 is 15.6 Å². The quantitative estimate of drug-likeness (QED) is 0.205. The second-order valence-electron chi connectivity index (χ2n) is 8.98. The molecule has 1 amide bonds. The van der Waals surface area contributed by atoms with Crippen LogP contribution in [0.2, 0.25) is 0 Å². The number of aromatic nitrogens is 3. The Hall–Kier alpha value is -4.30. The van der Waals surface area contributed by atoms with Crippen molar-refractivity contribution in [1.82, 2.24) is 19.9 Å². The molecule has 38 heavy (non-hydrogen) atoms. The molecule has 0 saturated carbocycles. The summed E-state index contributed by atoms with van der Waals surface area (Å²) < 4.78 is 6.88. The Kier molecular flexibility index (Phi) is 7.60. The van der Waals surface area contributed by atoms with Gasteiger partial charge in [0.1, 0.15) is 16.8 Å². The number of hydrogen-bond acceptors (Lipinski definition) is 5. The molecule has 0 aliphatic carbocycles. The van der Waals surface area contributed by atoms with Gasteiger partial charge in [-0.3, -0.25) is 14.2 Å². The van der Waals surface area contributed by atoms with E-state index in [1.807, 2.05) is 92.0 Å². The highest BCUT2D eigenvalue weighted by molar-refractivity contribution is 7.99. The average molecular weight is 525 g/mol. The largest absolute Gasteiger partial charge is 0.497 e. The zero-order chi connectivity index (χ0) is 26.5. The zero-order valence-electron chi connectivity index (χ0n) is 21.2. The van der Waals surface area contributed by atoms with Crippen molar-refractivity contribution in [3.8, 4) is 16.9 Å². The van der Waals surface area contributed by atoms with Crippen LogP contribution in [0.3, 0.4) is 0 Å². The van der Waals surface area contributed by atoms with Crippen LogP contribution in [0.15, 0.2) is 95.0 Å². The van der Waals surface area contributed by atoms with Gasteiger partial charge in [-0.2, -0.15) is 0 Å². The van der Waals surface area contributed by atoms with Crippen molar-refractivity contribution >= 4 is 28.7 Å². The highest BCUT2D eigenvalue weighted by atomic mass is 32.2. The van der Waals surface area contributed by atoms with Crippen molar-refractivity contribution < 1.29 is 9.53 Å². The van der Waals surface area contributed by atoms with E-state index in [4.69, 9.17) is 9.72 Å². The predicted molar refractivity (Wildman–Crippen MR) is 152 cm³/mol. The number of ether oxygens (including phenoxy) is 1. The zero-order valence-corrected chi connectivity index (χ0v) is 22.0. The number of rotatable bonds is 9. The fourth-order valence-electron chi connectivity index (χ4n) is 4.16. The van der Waals surface area contributed by atoms with Gasteiger partial charge in [0.15, 0.2) is 5.16 Å². The molecule has 0 aliphatic heterocycles. The van der Waals surface area contributed by atoms with E-state index in [9.17, 15) is 9.59 Å². The number of carbonyl (C=O) groups is 1. The summed E-state index contributed by atoms with van der Waals surface area (Å²) in [5.74, 6) is 0.752. The number of fused-ring (bicyclic) bond motifs is 1. The number of amides is 1. The molecule has 5 aromatic rings. The highest BCUT2D eigenvalue weighted by Gasteiger charge is 2.18. The maximum Gasteiger partial charge on any atom is 0.278 e. The number of methoxy groups -OCH3 is 1. The second kappa shape index (κ2) is 11.4. The molecule has 0 spiro atoms. The number of benzene rings is 3. The van der Waals surface area contributed by atoms with Gasteiger partial charge in [-0.05, 0) is 35.7 Å². The minimum absolute atomic E-state index is 0.127. The van der Waals surface area contributed by atoms with Gasteiger partial charge in [0.05, 0.1) is 19.4 Å². The van der Waals surface area contributed by atoms with Crippen molar-refractivity contribution in [3.05, 3.63) is 112 Å². The molecule has 0 saturated heterocycles. The monoisotopic (exact) mass is 524 g/mol. The smallest absolute Gasteiger partial charge is 0.278 e. The van der Waals surface area contributed by atoms with Gasteiger partial charge in [-0.15, -0.1) is 0 Å². The van der Waals surface area contributed by atoms with Gasteiger partial charge in [0, 0.05) is 18.3 Å². The summed E-state index contributed by atoms with van der Waals surface area (Å²) in [5.41, 5.74) is 5.78. The van der Waals surface area contributed by atoms with Gasteiger partial charge < -0.3 is 15.0 Å². The first kappa shape index (κ1) is 25.4. The number of nitrogens with zero attached hydrogens (tertiary/aromatic N) is 2. The summed E-state index contributed by atoms with van der Waals surface area (Å²) in [5, 5.41) is 3.45. The van der Waals surface area contributed by atoms with E-state index in [-0.39, 0.29) is 17.2 Å². The number of H-pyrrole nitrogens is 1. The molecular formula is C30H28N4O3S. The summed E-state index contributed by atoms with van der Waals surface area (Å²) in [6, 6.07) is 25.4. The van der Waals surface area contributed by atoms with Crippen LogP contribution in [-0.2, 0) is 17.9 Å². The van der Waals surface area contributed by atoms with Gasteiger partial charge in [-0.25, -0.2) is 4.98 Å². The maximum atomic E-state index is 13.7. The molecule has 5 rings (SSSR count). The Balaban J connectivity index is 1.44.